The molecule has 0 aliphatic carbocycles. The van der Waals surface area contributed by atoms with Crippen LogP contribution in [0.1, 0.15) is 20.8 Å². The molecular weight excluding hydrogens is 399 g/mol. The van der Waals surface area contributed by atoms with Gasteiger partial charge in [0.1, 0.15) is 0 Å². The van der Waals surface area contributed by atoms with E-state index in [1.165, 1.54) is 0 Å². The van der Waals surface area contributed by atoms with Gasteiger partial charge in [-0.15, -0.1) is 0 Å². The van der Waals surface area contributed by atoms with E-state index in [4.69, 9.17) is 5.26 Å². The van der Waals surface area contributed by atoms with Crippen LogP contribution in [-0.2, 0) is 13.7 Å². The number of nitrogens with zero attached hydrogens (tertiary/aromatic N) is 1. The first-order chi connectivity index (χ1) is 4.80. The molecule has 0 amide bonds. The van der Waals surface area contributed by atoms with E-state index in [0.29, 0.717) is 0 Å². The zero-order valence-corrected chi connectivity index (χ0v) is 12.3. The van der Waals surface area contributed by atoms with Gasteiger partial charge in [0.15, 0.2) is 0 Å². The first-order valence-electron chi connectivity index (χ1n) is 2.82. The second-order valence-corrected chi connectivity index (χ2v) is 26.4. The summed E-state index contributed by atoms with van der Waals surface area (Å²) in [7, 11) is 12.6. The molecule has 0 rings (SSSR count). The first-order valence-corrected chi connectivity index (χ1v) is 17.2. The fourth-order valence-electron chi connectivity index (χ4n) is 0. The fraction of sp³-hybridized carbons (Fsp3) is 0.800. The predicted octanol–water partition coefficient (Wildman–Crippen LogP) is 4.46. The van der Waals surface area contributed by atoms with Crippen LogP contribution < -0.4 is 0 Å². The van der Waals surface area contributed by atoms with Gasteiger partial charge in [-0.05, 0) is 20.8 Å². The Morgan fingerprint density at radius 3 is 1.25 bits per heavy atom. The van der Waals surface area contributed by atoms with Crippen LogP contribution >= 0.6 is 27.6 Å². The van der Waals surface area contributed by atoms with Crippen LogP contribution in [0, 0.1) is 16.7 Å². The van der Waals surface area contributed by atoms with Crippen molar-refractivity contribution in [3.05, 3.63) is 0 Å². The Morgan fingerprint density at radius 1 is 1.17 bits per heavy atom. The molecule has 0 unspecified atom stereocenters. The van der Waals surface area contributed by atoms with Gasteiger partial charge in [0.25, 0.3) is 0 Å². The summed E-state index contributed by atoms with van der Waals surface area (Å²) in [4.78, 5) is 0. The standard InChI is InChI=1S/C5H9N.3ClH.2FH.Ta/c1-5(2,3)4-6;;;;;;/h1-3H3;5*1H;/q;;;;;;+5/p-5. The van der Waals surface area contributed by atoms with E-state index >= 15 is 0 Å². The van der Waals surface area contributed by atoms with Crippen molar-refractivity contribution in [2.45, 2.75) is 20.8 Å². The van der Waals surface area contributed by atoms with Crippen LogP contribution in [0.3, 0.4) is 0 Å². The molecule has 0 heterocycles. The van der Waals surface area contributed by atoms with Crippen LogP contribution in [-0.4, -0.2) is 0 Å². The fourth-order valence-corrected chi connectivity index (χ4v) is 0. The molecule has 0 bridgehead atoms. The number of hydrogen-bond acceptors (Lipinski definition) is 1. The molecule has 0 saturated heterocycles. The Kier molecular flexibility index (Phi) is 5.73. The summed E-state index contributed by atoms with van der Waals surface area (Å²) in [5.41, 5.74) is -0.153. The van der Waals surface area contributed by atoms with E-state index in [1.54, 1.807) is 0 Å². The van der Waals surface area contributed by atoms with Gasteiger partial charge in [0.2, 0.25) is 0 Å². The van der Waals surface area contributed by atoms with Gasteiger partial charge in [0, 0.05) is 5.41 Å². The summed E-state index contributed by atoms with van der Waals surface area (Å²) in [5, 5.41) is 8.15. The van der Waals surface area contributed by atoms with Gasteiger partial charge < -0.3 is 0 Å². The van der Waals surface area contributed by atoms with E-state index in [1.807, 2.05) is 20.8 Å². The average Bonchev–Trinajstić information content (AvgIpc) is 1.56. The Labute approximate surface area is 84.4 Å². The maximum atomic E-state index is 11.2. The van der Waals surface area contributed by atoms with Gasteiger partial charge in [-0.25, -0.2) is 0 Å². The van der Waals surface area contributed by atoms with Crippen LogP contribution in [0.2, 0.25) is 0 Å². The van der Waals surface area contributed by atoms with Crippen molar-refractivity contribution in [3.63, 3.8) is 0 Å². The van der Waals surface area contributed by atoms with Crippen molar-refractivity contribution in [3.8, 4) is 6.07 Å². The third-order valence-corrected chi connectivity index (χ3v) is 0.335. The van der Waals surface area contributed by atoms with Gasteiger partial charge in [-0.2, -0.15) is 5.26 Å². The van der Waals surface area contributed by atoms with Crippen LogP contribution in [0.15, 0.2) is 0 Å². The Morgan fingerprint density at radius 2 is 1.25 bits per heavy atom. The summed E-state index contributed by atoms with van der Waals surface area (Å²) in [5.74, 6) is 0. The topological polar surface area (TPSA) is 23.8 Å². The zero-order valence-electron chi connectivity index (χ0n) is 6.78. The van der Waals surface area contributed by atoms with Crippen molar-refractivity contribution in [2.24, 2.45) is 5.41 Å². The van der Waals surface area contributed by atoms with Crippen molar-refractivity contribution >= 4 is 27.6 Å². The third kappa shape index (κ3) is 69.3. The Bertz CT molecular complexity index is 169. The van der Waals surface area contributed by atoms with E-state index in [0.717, 1.165) is 0 Å². The number of rotatable bonds is 0. The molecule has 0 N–H and O–H groups in total. The van der Waals surface area contributed by atoms with Crippen LogP contribution in [0.25, 0.3) is 0 Å². The molecule has 0 aliphatic heterocycles. The van der Waals surface area contributed by atoms with Gasteiger partial charge in [0.05, 0.1) is 6.07 Å². The van der Waals surface area contributed by atoms with Crippen molar-refractivity contribution in [2.75, 3.05) is 0 Å². The number of hydrogen-bond donors (Lipinski definition) is 0. The molecule has 0 aliphatic rings. The third-order valence-electron chi connectivity index (χ3n) is 0.335. The molecule has 7 heteroatoms. The molecule has 0 aromatic carbocycles. The van der Waals surface area contributed by atoms with E-state index < -0.39 is 13.7 Å². The average molecular weight is 408 g/mol. The molecular formula is C5H9Cl3F2NTa. The van der Waals surface area contributed by atoms with Crippen LogP contribution in [0.4, 0.5) is 6.05 Å². The normalized spacial score (nSPS) is 14.8. The second-order valence-electron chi connectivity index (χ2n) is 3.00. The molecule has 0 aromatic heterocycles. The molecule has 1 nitrogen and oxygen atoms in total. The first kappa shape index (κ1) is 15.4. The van der Waals surface area contributed by atoms with Gasteiger partial charge in [-0.1, -0.05) is 0 Å². The Hall–Kier alpha value is 0.960. The molecule has 0 aromatic rings. The maximum absolute atomic E-state index is 11.2. The molecule has 0 spiro atoms. The number of halogens is 5. The molecule has 0 saturated carbocycles. The minimum absolute atomic E-state index is 0.153. The second kappa shape index (κ2) is 4.45. The molecule has 12 heavy (non-hydrogen) atoms. The summed E-state index contributed by atoms with van der Waals surface area (Å²) in [6, 6.07) is 2.10. The quantitative estimate of drug-likeness (QED) is 0.581. The summed E-state index contributed by atoms with van der Waals surface area (Å²) in [6.07, 6.45) is 0. The monoisotopic (exact) mass is 407 g/mol. The zero-order chi connectivity index (χ0) is 10.7. The van der Waals surface area contributed by atoms with Gasteiger partial charge in [-0.3, -0.25) is 0 Å². The molecule has 0 fully saturated rings. The predicted molar refractivity (Wildman–Crippen MR) is 44.8 cm³/mol. The van der Waals surface area contributed by atoms with Crippen LogP contribution in [0.5, 0.6) is 0 Å². The van der Waals surface area contributed by atoms with E-state index in [9.17, 15) is 6.05 Å². The summed E-state index contributed by atoms with van der Waals surface area (Å²) >= 11 is -6.38. The molecule has 0 radical (unpaired) electrons. The van der Waals surface area contributed by atoms with Crippen molar-refractivity contribution in [1.82, 2.24) is 0 Å². The minimum atomic E-state index is -6.38. The van der Waals surface area contributed by atoms with Gasteiger partial charge >= 0.3 is 47.3 Å². The Balaban J connectivity index is 0. The SMILES string of the molecule is CC(C)(C)C#N.[F][Ta]([F])([Cl])([Cl])[Cl]. The van der Waals surface area contributed by atoms with E-state index in [-0.39, 0.29) is 5.41 Å². The summed E-state index contributed by atoms with van der Waals surface area (Å²) < 4.78 is 22.4. The molecule has 0 atom stereocenters. The summed E-state index contributed by atoms with van der Waals surface area (Å²) in [6.45, 7) is 5.65. The van der Waals surface area contributed by atoms with Crippen molar-refractivity contribution in [1.29, 1.82) is 5.26 Å². The van der Waals surface area contributed by atoms with E-state index in [2.05, 4.69) is 33.6 Å². The number of nitriles is 1. The van der Waals surface area contributed by atoms with Crippen molar-refractivity contribution < 1.29 is 19.7 Å². The molecule has 74 valence electrons.